The number of hydrogen-bond donors (Lipinski definition) is 1. The summed E-state index contributed by atoms with van der Waals surface area (Å²) >= 11 is 1.46. The van der Waals surface area contributed by atoms with Gasteiger partial charge in [0.25, 0.3) is 0 Å². The molecule has 1 N–H and O–H groups in total. The van der Waals surface area contributed by atoms with Crippen LogP contribution in [-0.4, -0.2) is 46.8 Å². The number of amides is 2. The number of nitrogens with one attached hydrogen (secondary N) is 1. The molecule has 0 radical (unpaired) electrons. The zero-order chi connectivity index (χ0) is 17.6. The van der Waals surface area contributed by atoms with Gasteiger partial charge in [-0.2, -0.15) is 0 Å². The minimum Gasteiger partial charge on any atom is -0.343 e. The van der Waals surface area contributed by atoms with E-state index in [1.165, 1.54) is 37.1 Å². The van der Waals surface area contributed by atoms with Gasteiger partial charge in [-0.25, -0.2) is 4.39 Å². The Bertz CT molecular complexity index is 617. The van der Waals surface area contributed by atoms with E-state index in [4.69, 9.17) is 0 Å². The molecule has 3 rings (SSSR count). The second kappa shape index (κ2) is 8.70. The molecule has 0 bridgehead atoms. The molecule has 0 unspecified atom stereocenters. The van der Waals surface area contributed by atoms with Crippen molar-refractivity contribution in [2.75, 3.05) is 18.8 Å². The van der Waals surface area contributed by atoms with Crippen molar-refractivity contribution in [3.8, 4) is 0 Å². The molecule has 2 aliphatic heterocycles. The highest BCUT2D eigenvalue weighted by Gasteiger charge is 2.34. The van der Waals surface area contributed by atoms with Crippen LogP contribution >= 0.6 is 11.8 Å². The molecule has 0 spiro atoms. The highest BCUT2D eigenvalue weighted by Crippen LogP contribution is 2.24. The second-order valence-electron chi connectivity index (χ2n) is 6.77. The maximum absolute atomic E-state index is 13.8. The van der Waals surface area contributed by atoms with Crippen LogP contribution in [0.1, 0.15) is 37.7 Å². The highest BCUT2D eigenvalue weighted by atomic mass is 32.2. The van der Waals surface area contributed by atoms with Crippen LogP contribution < -0.4 is 5.32 Å². The van der Waals surface area contributed by atoms with Crippen molar-refractivity contribution in [3.05, 3.63) is 35.6 Å². The molecule has 2 heterocycles. The summed E-state index contributed by atoms with van der Waals surface area (Å²) in [7, 11) is 0. The van der Waals surface area contributed by atoms with Gasteiger partial charge in [-0.05, 0) is 30.9 Å². The lowest BCUT2D eigenvalue weighted by atomic mass is 10.1. The zero-order valence-electron chi connectivity index (χ0n) is 14.4. The number of carbonyl (C=O) groups is 2. The van der Waals surface area contributed by atoms with Gasteiger partial charge in [0.05, 0.1) is 5.25 Å². The summed E-state index contributed by atoms with van der Waals surface area (Å²) in [6.45, 7) is 1.57. The third kappa shape index (κ3) is 4.75. The third-order valence-electron chi connectivity index (χ3n) is 4.90. The molecule has 25 heavy (non-hydrogen) atoms. The van der Waals surface area contributed by atoms with Gasteiger partial charge < -0.3 is 10.2 Å². The van der Waals surface area contributed by atoms with Crippen LogP contribution in [0.25, 0.3) is 0 Å². The number of nitrogens with zero attached hydrogens (tertiary/aromatic N) is 1. The van der Waals surface area contributed by atoms with E-state index in [1.807, 2.05) is 4.90 Å². The number of hydrogen-bond acceptors (Lipinski definition) is 3. The average molecular weight is 364 g/mol. The number of halogens is 1. The number of likely N-dealkylation sites (tertiary alicyclic amines) is 1. The summed E-state index contributed by atoms with van der Waals surface area (Å²) in [6.07, 6.45) is 6.01. The summed E-state index contributed by atoms with van der Waals surface area (Å²) < 4.78 is 13.8. The predicted molar refractivity (Wildman–Crippen MR) is 97.9 cm³/mol. The first-order chi connectivity index (χ1) is 12.1. The number of benzene rings is 1. The Morgan fingerprint density at radius 2 is 1.84 bits per heavy atom. The summed E-state index contributed by atoms with van der Waals surface area (Å²) in [6, 6.07) is 6.09. The summed E-state index contributed by atoms with van der Waals surface area (Å²) in [5, 5.41) is 2.53. The van der Waals surface area contributed by atoms with Crippen molar-refractivity contribution < 1.29 is 14.0 Å². The van der Waals surface area contributed by atoms with Crippen LogP contribution in [0.3, 0.4) is 0 Å². The quantitative estimate of drug-likeness (QED) is 0.897. The third-order valence-corrected chi connectivity index (χ3v) is 6.21. The molecular formula is C19H25FN2O2S. The van der Waals surface area contributed by atoms with Gasteiger partial charge in [0.2, 0.25) is 11.8 Å². The van der Waals surface area contributed by atoms with E-state index in [-0.39, 0.29) is 22.9 Å². The lowest BCUT2D eigenvalue weighted by Gasteiger charge is -2.33. The van der Waals surface area contributed by atoms with E-state index in [9.17, 15) is 14.0 Å². The molecule has 0 aromatic heterocycles. The van der Waals surface area contributed by atoms with Crippen molar-refractivity contribution in [3.63, 3.8) is 0 Å². The number of thioether (sulfide) groups is 1. The zero-order valence-corrected chi connectivity index (χ0v) is 15.2. The van der Waals surface area contributed by atoms with Gasteiger partial charge in [-0.15, -0.1) is 11.8 Å². The highest BCUT2D eigenvalue weighted by molar-refractivity contribution is 8.00. The monoisotopic (exact) mass is 364 g/mol. The fourth-order valence-corrected chi connectivity index (χ4v) is 4.60. The van der Waals surface area contributed by atoms with Gasteiger partial charge in [-0.1, -0.05) is 37.5 Å². The van der Waals surface area contributed by atoms with E-state index in [1.54, 1.807) is 18.2 Å². The topological polar surface area (TPSA) is 49.4 Å². The van der Waals surface area contributed by atoms with Crippen LogP contribution in [0, 0.1) is 5.82 Å². The summed E-state index contributed by atoms with van der Waals surface area (Å²) in [5.74, 6) is 0.145. The lowest BCUT2D eigenvalue weighted by Crippen LogP contribution is -2.55. The van der Waals surface area contributed by atoms with E-state index in [0.717, 1.165) is 25.9 Å². The normalized spacial score (nSPS) is 25.0. The molecule has 1 aromatic rings. The Balaban J connectivity index is 1.56. The fraction of sp³-hybridized carbons (Fsp3) is 0.579. The molecule has 2 atom stereocenters. The molecule has 2 saturated heterocycles. The van der Waals surface area contributed by atoms with Crippen molar-refractivity contribution in [2.45, 2.75) is 49.8 Å². The van der Waals surface area contributed by atoms with E-state index < -0.39 is 6.04 Å². The summed E-state index contributed by atoms with van der Waals surface area (Å²) in [5.41, 5.74) is 0.545. The lowest BCUT2D eigenvalue weighted by molar-refractivity contribution is -0.136. The van der Waals surface area contributed by atoms with Crippen molar-refractivity contribution in [1.82, 2.24) is 10.2 Å². The Morgan fingerprint density at radius 3 is 2.52 bits per heavy atom. The van der Waals surface area contributed by atoms with E-state index >= 15 is 0 Å². The van der Waals surface area contributed by atoms with Crippen molar-refractivity contribution >= 4 is 23.6 Å². The maximum atomic E-state index is 13.8. The molecule has 136 valence electrons. The van der Waals surface area contributed by atoms with Crippen molar-refractivity contribution in [1.29, 1.82) is 0 Å². The number of carbonyl (C=O) groups excluding carboxylic acids is 2. The molecule has 6 heteroatoms. The minimum atomic E-state index is -0.450. The first-order valence-corrected chi connectivity index (χ1v) is 10.1. The standard InChI is InChI=1S/C19H25FN2O2S/c20-15-9-5-4-8-14(15)12-17-18(23)21-16(13-25-17)19(24)22-10-6-2-1-3-7-11-22/h4-5,8-9,16-17H,1-3,6-7,10-13H2,(H,21,23)/t16-,17+/m0/s1. The molecule has 2 amide bonds. The fourth-order valence-electron chi connectivity index (χ4n) is 3.43. The molecule has 4 nitrogen and oxygen atoms in total. The average Bonchev–Trinajstić information content (AvgIpc) is 2.58. The second-order valence-corrected chi connectivity index (χ2v) is 8.01. The largest absolute Gasteiger partial charge is 0.343 e. The number of rotatable bonds is 3. The Hall–Kier alpha value is -1.56. The molecule has 1 aromatic carbocycles. The van der Waals surface area contributed by atoms with Crippen molar-refractivity contribution in [2.24, 2.45) is 0 Å². The van der Waals surface area contributed by atoms with Crippen LogP contribution in [-0.2, 0) is 16.0 Å². The SMILES string of the molecule is O=C1N[C@H](C(=O)N2CCCCCCC2)CS[C@@H]1Cc1ccccc1F. The Kier molecular flexibility index (Phi) is 6.34. The smallest absolute Gasteiger partial charge is 0.246 e. The van der Waals surface area contributed by atoms with Crippen LogP contribution in [0.2, 0.25) is 0 Å². The first-order valence-electron chi connectivity index (χ1n) is 9.09. The molecule has 2 aliphatic rings. The molecular weight excluding hydrogens is 339 g/mol. The minimum absolute atomic E-state index is 0.0343. The van der Waals surface area contributed by atoms with Gasteiger partial charge in [-0.3, -0.25) is 9.59 Å². The molecule has 0 saturated carbocycles. The Morgan fingerprint density at radius 1 is 1.16 bits per heavy atom. The van der Waals surface area contributed by atoms with E-state index in [2.05, 4.69) is 5.32 Å². The first kappa shape index (κ1) is 18.2. The van der Waals surface area contributed by atoms with Gasteiger partial charge in [0.15, 0.2) is 0 Å². The van der Waals surface area contributed by atoms with Gasteiger partial charge in [0.1, 0.15) is 11.9 Å². The van der Waals surface area contributed by atoms with Crippen LogP contribution in [0.5, 0.6) is 0 Å². The predicted octanol–water partition coefficient (Wildman–Crippen LogP) is 2.76. The molecule has 2 fully saturated rings. The Labute approximate surface area is 152 Å². The van der Waals surface area contributed by atoms with Crippen LogP contribution in [0.4, 0.5) is 4.39 Å². The molecule has 0 aliphatic carbocycles. The maximum Gasteiger partial charge on any atom is 0.246 e. The van der Waals surface area contributed by atoms with Gasteiger partial charge >= 0.3 is 0 Å². The van der Waals surface area contributed by atoms with Gasteiger partial charge in [0, 0.05) is 18.8 Å². The van der Waals surface area contributed by atoms with E-state index in [0.29, 0.717) is 17.7 Å². The summed E-state index contributed by atoms with van der Waals surface area (Å²) in [4.78, 5) is 27.0. The van der Waals surface area contributed by atoms with Crippen LogP contribution in [0.15, 0.2) is 24.3 Å².